The Labute approximate surface area is 122 Å². The minimum atomic E-state index is -0.744. The lowest BCUT2D eigenvalue weighted by Crippen LogP contribution is -2.44. The van der Waals surface area contributed by atoms with Gasteiger partial charge >= 0.3 is 0 Å². The third-order valence-electron chi connectivity index (χ3n) is 4.74. The highest BCUT2D eigenvalue weighted by Gasteiger charge is 2.39. The van der Waals surface area contributed by atoms with Gasteiger partial charge in [-0.3, -0.25) is 4.79 Å². The fraction of sp³-hybridized carbons (Fsp3) is 0.875. The smallest absolute Gasteiger partial charge is 0.240 e. The third kappa shape index (κ3) is 3.73. The van der Waals surface area contributed by atoms with Crippen LogP contribution in [0.2, 0.25) is 0 Å². The van der Waals surface area contributed by atoms with Crippen molar-refractivity contribution < 1.29 is 4.79 Å². The molecule has 1 saturated carbocycles. The minimum absolute atomic E-state index is 0.0343. The maximum atomic E-state index is 12.3. The van der Waals surface area contributed by atoms with E-state index < -0.39 is 5.41 Å². The van der Waals surface area contributed by atoms with Crippen molar-refractivity contribution in [3.8, 4) is 6.07 Å². The number of nitrogens with one attached hydrogen (secondary N) is 1. The van der Waals surface area contributed by atoms with Crippen molar-refractivity contribution in [3.63, 3.8) is 0 Å². The zero-order valence-corrected chi connectivity index (χ0v) is 12.7. The van der Waals surface area contributed by atoms with Crippen LogP contribution in [0.4, 0.5) is 0 Å². The molecule has 4 nitrogen and oxygen atoms in total. The van der Waals surface area contributed by atoms with Gasteiger partial charge in [-0.1, -0.05) is 26.2 Å². The van der Waals surface area contributed by atoms with Gasteiger partial charge in [0.25, 0.3) is 0 Å². The molecule has 0 aromatic rings. The first kappa shape index (κ1) is 15.3. The van der Waals surface area contributed by atoms with E-state index >= 15 is 0 Å². The quantitative estimate of drug-likeness (QED) is 0.839. The maximum Gasteiger partial charge on any atom is 0.240 e. The second-order valence-electron chi connectivity index (χ2n) is 6.58. The molecule has 1 amide bonds. The monoisotopic (exact) mass is 277 g/mol. The van der Waals surface area contributed by atoms with Crippen LogP contribution in [-0.2, 0) is 4.79 Å². The van der Waals surface area contributed by atoms with Crippen LogP contribution in [0, 0.1) is 22.7 Å². The molecule has 1 atom stereocenters. The molecule has 0 bridgehead atoms. The van der Waals surface area contributed by atoms with E-state index in [1.807, 2.05) is 0 Å². The second kappa shape index (κ2) is 7.08. The number of carbonyl (C=O) groups is 1. The van der Waals surface area contributed by atoms with Crippen LogP contribution < -0.4 is 5.32 Å². The Morgan fingerprint density at radius 3 is 2.50 bits per heavy atom. The van der Waals surface area contributed by atoms with E-state index in [4.69, 9.17) is 0 Å². The van der Waals surface area contributed by atoms with Gasteiger partial charge in [-0.2, -0.15) is 5.26 Å². The van der Waals surface area contributed by atoms with Gasteiger partial charge in [0, 0.05) is 13.1 Å². The number of carbonyl (C=O) groups excluding carboxylic acids is 1. The van der Waals surface area contributed by atoms with Crippen LogP contribution >= 0.6 is 0 Å². The number of nitriles is 1. The first-order chi connectivity index (χ1) is 9.66. The summed E-state index contributed by atoms with van der Waals surface area (Å²) < 4.78 is 0. The summed E-state index contributed by atoms with van der Waals surface area (Å²) in [6.45, 7) is 6.32. The number of rotatable bonds is 5. The number of hydrogen-bond acceptors (Lipinski definition) is 3. The highest BCUT2D eigenvalue weighted by Crippen LogP contribution is 2.35. The fourth-order valence-electron chi connectivity index (χ4n) is 3.45. The maximum absolute atomic E-state index is 12.3. The van der Waals surface area contributed by atoms with Crippen LogP contribution in [0.3, 0.4) is 0 Å². The van der Waals surface area contributed by atoms with Crippen molar-refractivity contribution in [2.24, 2.45) is 11.3 Å². The van der Waals surface area contributed by atoms with E-state index in [0.717, 1.165) is 38.6 Å². The summed E-state index contributed by atoms with van der Waals surface area (Å²) in [5, 5.41) is 12.4. The summed E-state index contributed by atoms with van der Waals surface area (Å²) in [7, 11) is 0. The average molecular weight is 277 g/mol. The molecule has 1 aliphatic heterocycles. The lowest BCUT2D eigenvalue weighted by Gasteiger charge is -2.30. The second-order valence-corrected chi connectivity index (χ2v) is 6.58. The van der Waals surface area contributed by atoms with E-state index in [1.165, 1.54) is 25.9 Å². The molecule has 4 heteroatoms. The fourth-order valence-corrected chi connectivity index (χ4v) is 3.45. The van der Waals surface area contributed by atoms with Crippen LogP contribution in [0.1, 0.15) is 51.9 Å². The topological polar surface area (TPSA) is 56.1 Å². The van der Waals surface area contributed by atoms with Crippen molar-refractivity contribution in [1.82, 2.24) is 10.2 Å². The molecule has 0 aromatic carbocycles. The predicted octanol–water partition coefficient (Wildman–Crippen LogP) is 2.31. The molecule has 0 spiro atoms. The highest BCUT2D eigenvalue weighted by atomic mass is 16.2. The Hall–Kier alpha value is -1.08. The summed E-state index contributed by atoms with van der Waals surface area (Å²) in [6, 6.07) is 2.29. The van der Waals surface area contributed by atoms with Crippen molar-refractivity contribution in [1.29, 1.82) is 5.26 Å². The Balaban J connectivity index is 1.77. The lowest BCUT2D eigenvalue weighted by molar-refractivity contribution is -0.129. The van der Waals surface area contributed by atoms with Gasteiger partial charge in [0.1, 0.15) is 5.41 Å². The molecule has 112 valence electrons. The number of hydrogen-bond donors (Lipinski definition) is 1. The van der Waals surface area contributed by atoms with E-state index in [2.05, 4.69) is 23.2 Å². The van der Waals surface area contributed by atoms with Gasteiger partial charge in [0.05, 0.1) is 6.07 Å². The van der Waals surface area contributed by atoms with Gasteiger partial charge in [0.15, 0.2) is 0 Å². The number of amides is 1. The van der Waals surface area contributed by atoms with Gasteiger partial charge < -0.3 is 10.2 Å². The van der Waals surface area contributed by atoms with Crippen LogP contribution in [0.15, 0.2) is 0 Å². The summed E-state index contributed by atoms with van der Waals surface area (Å²) in [5.41, 5.74) is -0.744. The largest absolute Gasteiger partial charge is 0.354 e. The minimum Gasteiger partial charge on any atom is -0.354 e. The van der Waals surface area contributed by atoms with Crippen molar-refractivity contribution in [2.75, 3.05) is 26.2 Å². The number of likely N-dealkylation sites (tertiary alicyclic amines) is 1. The molecule has 1 aliphatic carbocycles. The average Bonchev–Trinajstić information content (AvgIpc) is 2.98. The zero-order chi connectivity index (χ0) is 14.4. The van der Waals surface area contributed by atoms with E-state index in [-0.39, 0.29) is 5.91 Å². The Kier molecular flexibility index (Phi) is 5.42. The zero-order valence-electron chi connectivity index (χ0n) is 12.7. The highest BCUT2D eigenvalue weighted by molar-refractivity contribution is 5.85. The van der Waals surface area contributed by atoms with Gasteiger partial charge in [0.2, 0.25) is 5.91 Å². The Bertz CT molecular complexity index is 362. The summed E-state index contributed by atoms with van der Waals surface area (Å²) in [6.07, 6.45) is 7.23. The summed E-state index contributed by atoms with van der Waals surface area (Å²) in [5.74, 6) is 0.421. The normalized spacial score (nSPS) is 24.0. The third-order valence-corrected chi connectivity index (χ3v) is 4.74. The first-order valence-corrected chi connectivity index (χ1v) is 8.08. The van der Waals surface area contributed by atoms with E-state index in [9.17, 15) is 10.1 Å². The molecule has 2 aliphatic rings. The molecular weight excluding hydrogens is 250 g/mol. The van der Waals surface area contributed by atoms with Crippen LogP contribution in [0.25, 0.3) is 0 Å². The SMILES string of the molecule is CC(CNC(=O)C1(C#N)CCCCC1)CN1CCCC1. The molecule has 1 saturated heterocycles. The molecule has 1 unspecified atom stereocenters. The molecule has 1 heterocycles. The van der Waals surface area contributed by atoms with Crippen LogP contribution in [-0.4, -0.2) is 37.0 Å². The predicted molar refractivity (Wildman–Crippen MR) is 79.0 cm³/mol. The molecule has 2 rings (SSSR count). The molecule has 1 N–H and O–H groups in total. The van der Waals surface area contributed by atoms with Gasteiger partial charge in [-0.05, 0) is 44.7 Å². The number of nitrogens with zero attached hydrogens (tertiary/aromatic N) is 2. The van der Waals surface area contributed by atoms with Crippen molar-refractivity contribution >= 4 is 5.91 Å². The van der Waals surface area contributed by atoms with E-state index in [0.29, 0.717) is 12.5 Å². The summed E-state index contributed by atoms with van der Waals surface area (Å²) >= 11 is 0. The molecular formula is C16H27N3O. The molecule has 0 aromatic heterocycles. The molecule has 0 radical (unpaired) electrons. The Morgan fingerprint density at radius 1 is 1.25 bits per heavy atom. The van der Waals surface area contributed by atoms with Crippen LogP contribution in [0.5, 0.6) is 0 Å². The standard InChI is InChI=1S/C16H27N3O/c1-14(12-19-9-5-6-10-19)11-18-15(20)16(13-17)7-3-2-4-8-16/h14H,2-12H2,1H3,(H,18,20). The van der Waals surface area contributed by atoms with Gasteiger partial charge in [-0.25, -0.2) is 0 Å². The van der Waals surface area contributed by atoms with Crippen molar-refractivity contribution in [2.45, 2.75) is 51.9 Å². The lowest BCUT2D eigenvalue weighted by atomic mass is 9.74. The molecule has 2 fully saturated rings. The summed E-state index contributed by atoms with van der Waals surface area (Å²) in [4.78, 5) is 14.8. The molecule has 20 heavy (non-hydrogen) atoms. The van der Waals surface area contributed by atoms with Crippen molar-refractivity contribution in [3.05, 3.63) is 0 Å². The Morgan fingerprint density at radius 2 is 1.90 bits per heavy atom. The van der Waals surface area contributed by atoms with E-state index in [1.54, 1.807) is 0 Å². The first-order valence-electron chi connectivity index (χ1n) is 8.08. The van der Waals surface area contributed by atoms with Gasteiger partial charge in [-0.15, -0.1) is 0 Å².